The van der Waals surface area contributed by atoms with Gasteiger partial charge in [0.05, 0.1) is 10.2 Å². The molecule has 0 radical (unpaired) electrons. The summed E-state index contributed by atoms with van der Waals surface area (Å²) in [6, 6.07) is 16.1. The highest BCUT2D eigenvalue weighted by Crippen LogP contribution is 2.37. The first-order valence-electron chi connectivity index (χ1n) is 7.91. The van der Waals surface area contributed by atoms with Crippen LogP contribution in [0.3, 0.4) is 0 Å². The second-order valence-corrected chi connectivity index (χ2v) is 7.69. The molecular formula is C18H9N5OS2. The zero-order valence-electron chi connectivity index (χ0n) is 13.2. The molecule has 6 nitrogen and oxygen atoms in total. The Morgan fingerprint density at radius 1 is 0.962 bits per heavy atom. The molecule has 0 unspecified atom stereocenters. The summed E-state index contributed by atoms with van der Waals surface area (Å²) < 4.78 is 9.25. The van der Waals surface area contributed by atoms with Crippen LogP contribution >= 0.6 is 23.1 Å². The van der Waals surface area contributed by atoms with E-state index in [9.17, 15) is 0 Å². The number of benzene rings is 2. The fourth-order valence-electron chi connectivity index (χ4n) is 3.08. The lowest BCUT2D eigenvalue weighted by atomic mass is 10.2. The van der Waals surface area contributed by atoms with Crippen molar-refractivity contribution in [1.29, 1.82) is 0 Å². The Morgan fingerprint density at radius 3 is 2.85 bits per heavy atom. The molecule has 26 heavy (non-hydrogen) atoms. The molecule has 0 aliphatic rings. The Bertz CT molecular complexity index is 1430. The number of hydrogen-bond acceptors (Lipinski definition) is 7. The molecule has 6 rings (SSSR count). The lowest BCUT2D eigenvalue weighted by molar-refractivity contribution is 0.653. The van der Waals surface area contributed by atoms with Crippen molar-refractivity contribution in [3.63, 3.8) is 0 Å². The minimum Gasteiger partial charge on any atom is -0.451 e. The van der Waals surface area contributed by atoms with Gasteiger partial charge in [-0.15, -0.1) is 10.2 Å². The van der Waals surface area contributed by atoms with Crippen molar-refractivity contribution in [3.8, 4) is 0 Å². The van der Waals surface area contributed by atoms with E-state index < -0.39 is 0 Å². The highest BCUT2D eigenvalue weighted by molar-refractivity contribution is 7.99. The summed E-state index contributed by atoms with van der Waals surface area (Å²) in [5.41, 5.74) is 3.39. The summed E-state index contributed by atoms with van der Waals surface area (Å²) in [6.07, 6.45) is 1.57. The lowest BCUT2D eigenvalue weighted by Crippen LogP contribution is -1.88. The van der Waals surface area contributed by atoms with Crippen LogP contribution < -0.4 is 0 Å². The molecule has 6 aromatic rings. The van der Waals surface area contributed by atoms with Crippen molar-refractivity contribution < 1.29 is 4.42 Å². The third kappa shape index (κ3) is 1.94. The van der Waals surface area contributed by atoms with Gasteiger partial charge >= 0.3 is 0 Å². The van der Waals surface area contributed by atoms with Gasteiger partial charge in [-0.1, -0.05) is 35.6 Å². The van der Waals surface area contributed by atoms with Gasteiger partial charge in [-0.05, 0) is 36.0 Å². The minimum absolute atomic E-state index is 0.676. The second kappa shape index (κ2) is 5.26. The first-order chi connectivity index (χ1) is 12.9. The van der Waals surface area contributed by atoms with E-state index in [0.29, 0.717) is 5.58 Å². The number of nitrogens with zero attached hydrogens (tertiary/aromatic N) is 5. The van der Waals surface area contributed by atoms with Gasteiger partial charge in [0, 0.05) is 5.39 Å². The molecule has 0 fully saturated rings. The van der Waals surface area contributed by atoms with Gasteiger partial charge in [-0.25, -0.2) is 9.97 Å². The van der Waals surface area contributed by atoms with E-state index >= 15 is 0 Å². The number of furan rings is 1. The normalized spacial score (nSPS) is 12.0. The monoisotopic (exact) mass is 375 g/mol. The fourth-order valence-corrected chi connectivity index (χ4v) is 4.97. The zero-order chi connectivity index (χ0) is 17.1. The van der Waals surface area contributed by atoms with Crippen LogP contribution in [0, 0.1) is 0 Å². The third-order valence-corrected chi connectivity index (χ3v) is 6.17. The van der Waals surface area contributed by atoms with Crippen LogP contribution in [0.5, 0.6) is 0 Å². The molecule has 0 atom stereocenters. The molecule has 0 aliphatic carbocycles. The first-order valence-corrected chi connectivity index (χ1v) is 9.54. The molecule has 0 saturated carbocycles. The maximum atomic E-state index is 6.01. The average Bonchev–Trinajstić information content (AvgIpc) is 3.34. The largest absolute Gasteiger partial charge is 0.451 e. The van der Waals surface area contributed by atoms with Crippen molar-refractivity contribution in [2.75, 3.05) is 0 Å². The minimum atomic E-state index is 0.676. The summed E-state index contributed by atoms with van der Waals surface area (Å²) in [7, 11) is 0. The van der Waals surface area contributed by atoms with Crippen LogP contribution in [0.2, 0.25) is 0 Å². The fraction of sp³-hybridized carbons (Fsp3) is 0. The van der Waals surface area contributed by atoms with Crippen molar-refractivity contribution >= 4 is 60.3 Å². The quantitative estimate of drug-likeness (QED) is 0.406. The standard InChI is InChI=1S/C18H9N5OS2/c1-3-7-12-10(5-1)14-15(24-12)16(20-9-19-14)26-18-22-21-17-23(18)11-6-2-4-8-13(11)25-17/h1-9H. The molecule has 8 heteroatoms. The van der Waals surface area contributed by atoms with Crippen LogP contribution in [-0.4, -0.2) is 24.6 Å². The van der Waals surface area contributed by atoms with E-state index in [1.165, 1.54) is 16.5 Å². The topological polar surface area (TPSA) is 69.1 Å². The molecule has 4 aromatic heterocycles. The highest BCUT2D eigenvalue weighted by atomic mass is 32.2. The van der Waals surface area contributed by atoms with Crippen LogP contribution in [0.1, 0.15) is 0 Å². The molecule has 0 amide bonds. The number of aromatic nitrogens is 5. The predicted octanol–water partition coefficient (Wildman–Crippen LogP) is 4.78. The number of hydrogen-bond donors (Lipinski definition) is 0. The molecule has 0 aliphatic heterocycles. The molecule has 0 bridgehead atoms. The second-order valence-electron chi connectivity index (χ2n) is 5.73. The van der Waals surface area contributed by atoms with E-state index in [1.54, 1.807) is 17.7 Å². The average molecular weight is 375 g/mol. The van der Waals surface area contributed by atoms with E-state index in [2.05, 4.69) is 36.7 Å². The van der Waals surface area contributed by atoms with Crippen molar-refractivity contribution in [2.24, 2.45) is 0 Å². The Kier molecular flexibility index (Phi) is 2.88. The summed E-state index contributed by atoms with van der Waals surface area (Å²) in [6.45, 7) is 0. The van der Waals surface area contributed by atoms with E-state index in [4.69, 9.17) is 4.42 Å². The summed E-state index contributed by atoms with van der Waals surface area (Å²) in [5.74, 6) is 0. The molecular weight excluding hydrogens is 366 g/mol. The summed E-state index contributed by atoms with van der Waals surface area (Å²) in [5, 5.41) is 11.1. The van der Waals surface area contributed by atoms with Crippen LogP contribution in [0.15, 0.2) is 69.5 Å². The lowest BCUT2D eigenvalue weighted by Gasteiger charge is -1.99. The molecule has 0 spiro atoms. The maximum absolute atomic E-state index is 6.01. The van der Waals surface area contributed by atoms with Crippen molar-refractivity contribution in [1.82, 2.24) is 24.6 Å². The third-order valence-electron chi connectivity index (χ3n) is 4.22. The molecule has 4 heterocycles. The number of fused-ring (bicyclic) bond motifs is 6. The molecule has 2 aromatic carbocycles. The van der Waals surface area contributed by atoms with Crippen LogP contribution in [-0.2, 0) is 0 Å². The molecule has 0 N–H and O–H groups in total. The Balaban J connectivity index is 1.57. The SMILES string of the molecule is c1ccc2c(c1)oc1c(Sc3nnc4sc5ccccc5n34)ncnc12. The van der Waals surface area contributed by atoms with Gasteiger partial charge in [0.1, 0.15) is 17.4 Å². The van der Waals surface area contributed by atoms with Crippen LogP contribution in [0.4, 0.5) is 0 Å². The number of rotatable bonds is 2. The van der Waals surface area contributed by atoms with Crippen molar-refractivity contribution in [3.05, 3.63) is 54.9 Å². The van der Waals surface area contributed by atoms with E-state index in [-0.39, 0.29) is 0 Å². The Morgan fingerprint density at radius 2 is 1.85 bits per heavy atom. The van der Waals surface area contributed by atoms with Gasteiger partial charge in [-0.2, -0.15) is 0 Å². The van der Waals surface area contributed by atoms with Gasteiger partial charge in [0.15, 0.2) is 10.6 Å². The zero-order valence-corrected chi connectivity index (χ0v) is 14.8. The van der Waals surface area contributed by atoms with Gasteiger partial charge in [0.25, 0.3) is 0 Å². The number of para-hydroxylation sites is 2. The molecule has 124 valence electrons. The Hall–Kier alpha value is -2.97. The smallest absolute Gasteiger partial charge is 0.217 e. The van der Waals surface area contributed by atoms with E-state index in [1.807, 2.05) is 36.4 Å². The van der Waals surface area contributed by atoms with E-state index in [0.717, 1.165) is 37.1 Å². The van der Waals surface area contributed by atoms with Crippen molar-refractivity contribution in [2.45, 2.75) is 10.2 Å². The Labute approximate surface area is 154 Å². The predicted molar refractivity (Wildman–Crippen MR) is 102 cm³/mol. The van der Waals surface area contributed by atoms with Gasteiger partial charge in [0.2, 0.25) is 10.1 Å². The summed E-state index contributed by atoms with van der Waals surface area (Å²) >= 11 is 3.06. The van der Waals surface area contributed by atoms with Crippen LogP contribution in [0.25, 0.3) is 37.2 Å². The van der Waals surface area contributed by atoms with Gasteiger partial charge < -0.3 is 4.42 Å². The molecule has 0 saturated heterocycles. The van der Waals surface area contributed by atoms with Gasteiger partial charge in [-0.3, -0.25) is 4.40 Å². The maximum Gasteiger partial charge on any atom is 0.217 e. The summed E-state index contributed by atoms with van der Waals surface area (Å²) in [4.78, 5) is 9.70. The highest BCUT2D eigenvalue weighted by Gasteiger charge is 2.18. The number of thiazole rings is 1. The first kappa shape index (κ1) is 14.2.